The fraction of sp³-hybridized carbons (Fsp3) is 0.957. The van der Waals surface area contributed by atoms with Crippen LogP contribution in [0.15, 0.2) is 0 Å². The van der Waals surface area contributed by atoms with E-state index in [1.807, 2.05) is 0 Å². The summed E-state index contributed by atoms with van der Waals surface area (Å²) in [5, 5.41) is 0. The molecule has 0 amide bonds. The van der Waals surface area contributed by atoms with E-state index in [9.17, 15) is 14.4 Å². The molecule has 0 aliphatic heterocycles. The van der Waals surface area contributed by atoms with Crippen LogP contribution >= 0.6 is 0 Å². The average molecular weight is 1070 g/mol. The van der Waals surface area contributed by atoms with E-state index < -0.39 is 6.10 Å². The van der Waals surface area contributed by atoms with Crippen LogP contribution < -0.4 is 0 Å². The molecule has 0 heterocycles. The normalized spacial score (nSPS) is 11.9. The molecule has 0 rings (SSSR count). The van der Waals surface area contributed by atoms with Crippen LogP contribution in [0.4, 0.5) is 0 Å². The first-order chi connectivity index (χ1) is 37.5. The second-order valence-corrected chi connectivity index (χ2v) is 24.2. The highest BCUT2D eigenvalue weighted by Gasteiger charge is 2.19. The van der Waals surface area contributed by atoms with Crippen LogP contribution in [0.25, 0.3) is 0 Å². The molecule has 0 spiro atoms. The lowest BCUT2D eigenvalue weighted by atomic mass is 10.0. The fourth-order valence-corrected chi connectivity index (χ4v) is 11.1. The van der Waals surface area contributed by atoms with E-state index in [4.69, 9.17) is 14.2 Å². The first-order valence-corrected chi connectivity index (χ1v) is 35.0. The standard InChI is InChI=1S/C70H136O6/c1-4-7-10-13-16-18-20-22-24-26-28-29-30-31-32-33-34-35-36-37-38-39-40-41-43-44-46-48-50-52-54-57-60-63-69(72)75-66-67(65-74-68(71)62-59-56-15-12-9-6-3)76-70(73)64-61-58-55-53-51-49-47-45-42-27-25-23-21-19-17-14-11-8-5-2/h67H,4-66H2,1-3H3. The van der Waals surface area contributed by atoms with Gasteiger partial charge in [-0.3, -0.25) is 14.4 Å². The maximum absolute atomic E-state index is 12.8. The number of rotatable bonds is 66. The molecule has 0 radical (unpaired) electrons. The molecular weight excluding hydrogens is 937 g/mol. The van der Waals surface area contributed by atoms with Crippen LogP contribution in [0, 0.1) is 0 Å². The largest absolute Gasteiger partial charge is 0.462 e. The highest BCUT2D eigenvalue weighted by atomic mass is 16.6. The van der Waals surface area contributed by atoms with Gasteiger partial charge in [0, 0.05) is 19.3 Å². The van der Waals surface area contributed by atoms with Gasteiger partial charge in [0.15, 0.2) is 6.10 Å². The summed E-state index contributed by atoms with van der Waals surface area (Å²) in [4.78, 5) is 38.0. The minimum Gasteiger partial charge on any atom is -0.462 e. The Kier molecular flexibility index (Phi) is 64.5. The van der Waals surface area contributed by atoms with Crippen molar-refractivity contribution in [1.82, 2.24) is 0 Å². The smallest absolute Gasteiger partial charge is 0.306 e. The first kappa shape index (κ1) is 74.4. The van der Waals surface area contributed by atoms with Crippen LogP contribution in [0.5, 0.6) is 0 Å². The Morgan fingerprint density at radius 1 is 0.211 bits per heavy atom. The van der Waals surface area contributed by atoms with Crippen molar-refractivity contribution in [2.24, 2.45) is 0 Å². The zero-order valence-corrected chi connectivity index (χ0v) is 52.1. The molecular formula is C70H136O6. The molecule has 76 heavy (non-hydrogen) atoms. The van der Waals surface area contributed by atoms with E-state index in [0.29, 0.717) is 19.3 Å². The van der Waals surface area contributed by atoms with Crippen molar-refractivity contribution in [3.8, 4) is 0 Å². The Hall–Kier alpha value is -1.59. The maximum Gasteiger partial charge on any atom is 0.306 e. The zero-order valence-electron chi connectivity index (χ0n) is 52.1. The minimum atomic E-state index is -0.761. The highest BCUT2D eigenvalue weighted by molar-refractivity contribution is 5.71. The second kappa shape index (κ2) is 65.9. The van der Waals surface area contributed by atoms with Crippen molar-refractivity contribution in [3.63, 3.8) is 0 Å². The quantitative estimate of drug-likeness (QED) is 0.0343. The number of hydrogen-bond donors (Lipinski definition) is 0. The van der Waals surface area contributed by atoms with Crippen molar-refractivity contribution in [1.29, 1.82) is 0 Å². The molecule has 6 heteroatoms. The summed E-state index contributed by atoms with van der Waals surface area (Å²) in [6.45, 7) is 6.67. The van der Waals surface area contributed by atoms with Gasteiger partial charge in [0.2, 0.25) is 0 Å². The molecule has 0 saturated carbocycles. The van der Waals surface area contributed by atoms with Crippen LogP contribution in [0.3, 0.4) is 0 Å². The number of carbonyl (C=O) groups excluding carboxylic acids is 3. The van der Waals surface area contributed by atoms with Gasteiger partial charge in [0.25, 0.3) is 0 Å². The summed E-state index contributed by atoms with van der Waals surface area (Å²) in [6.07, 6.45) is 77.6. The molecule has 0 N–H and O–H groups in total. The van der Waals surface area contributed by atoms with E-state index in [1.54, 1.807) is 0 Å². The number of unbranched alkanes of at least 4 members (excludes halogenated alkanes) is 55. The van der Waals surface area contributed by atoms with Crippen molar-refractivity contribution in [3.05, 3.63) is 0 Å². The average Bonchev–Trinajstić information content (AvgIpc) is 3.42. The molecule has 0 aromatic carbocycles. The molecule has 0 saturated heterocycles. The molecule has 0 aromatic heterocycles. The van der Waals surface area contributed by atoms with Crippen LogP contribution in [0.2, 0.25) is 0 Å². The van der Waals surface area contributed by atoms with Gasteiger partial charge in [0.05, 0.1) is 0 Å². The Bertz CT molecular complexity index is 1140. The van der Waals surface area contributed by atoms with Gasteiger partial charge >= 0.3 is 17.9 Å². The summed E-state index contributed by atoms with van der Waals surface area (Å²) < 4.78 is 16.8. The van der Waals surface area contributed by atoms with Gasteiger partial charge in [-0.05, 0) is 19.3 Å². The number of esters is 3. The van der Waals surface area contributed by atoms with Crippen LogP contribution in [-0.4, -0.2) is 37.2 Å². The van der Waals surface area contributed by atoms with E-state index >= 15 is 0 Å². The van der Waals surface area contributed by atoms with E-state index in [2.05, 4.69) is 20.8 Å². The molecule has 0 aliphatic carbocycles. The van der Waals surface area contributed by atoms with E-state index in [-0.39, 0.29) is 31.1 Å². The fourth-order valence-electron chi connectivity index (χ4n) is 11.1. The van der Waals surface area contributed by atoms with Gasteiger partial charge in [0.1, 0.15) is 13.2 Å². The lowest BCUT2D eigenvalue weighted by Gasteiger charge is -2.18. The Morgan fingerprint density at radius 3 is 0.526 bits per heavy atom. The number of ether oxygens (including phenoxy) is 3. The third-order valence-electron chi connectivity index (χ3n) is 16.4. The maximum atomic E-state index is 12.8. The Labute approximate surface area is 476 Å². The number of carbonyl (C=O) groups is 3. The zero-order chi connectivity index (χ0) is 55.0. The summed E-state index contributed by atoms with van der Waals surface area (Å²) in [5.41, 5.74) is 0. The summed E-state index contributed by atoms with van der Waals surface area (Å²) >= 11 is 0. The molecule has 1 unspecified atom stereocenters. The topological polar surface area (TPSA) is 78.9 Å². The van der Waals surface area contributed by atoms with Gasteiger partial charge in [-0.1, -0.05) is 374 Å². The number of hydrogen-bond acceptors (Lipinski definition) is 6. The molecule has 0 aromatic rings. The van der Waals surface area contributed by atoms with Crippen molar-refractivity contribution in [2.45, 2.75) is 419 Å². The minimum absolute atomic E-state index is 0.0618. The van der Waals surface area contributed by atoms with Gasteiger partial charge in [-0.25, -0.2) is 0 Å². The first-order valence-electron chi connectivity index (χ1n) is 35.0. The molecule has 452 valence electrons. The molecule has 0 aliphatic rings. The monoisotopic (exact) mass is 1070 g/mol. The van der Waals surface area contributed by atoms with Crippen LogP contribution in [-0.2, 0) is 28.6 Å². The van der Waals surface area contributed by atoms with E-state index in [1.165, 1.54) is 315 Å². The van der Waals surface area contributed by atoms with Crippen LogP contribution in [0.1, 0.15) is 412 Å². The molecule has 1 atom stereocenters. The highest BCUT2D eigenvalue weighted by Crippen LogP contribution is 2.19. The second-order valence-electron chi connectivity index (χ2n) is 24.2. The summed E-state index contributed by atoms with van der Waals surface area (Å²) in [6, 6.07) is 0. The predicted molar refractivity (Wildman–Crippen MR) is 330 cm³/mol. The summed E-state index contributed by atoms with van der Waals surface area (Å²) in [5.74, 6) is -0.839. The summed E-state index contributed by atoms with van der Waals surface area (Å²) in [7, 11) is 0. The Balaban J connectivity index is 3.88. The third kappa shape index (κ3) is 63.2. The van der Waals surface area contributed by atoms with Gasteiger partial charge in [-0.2, -0.15) is 0 Å². The van der Waals surface area contributed by atoms with E-state index in [0.717, 1.165) is 57.8 Å². The third-order valence-corrected chi connectivity index (χ3v) is 16.4. The predicted octanol–water partition coefficient (Wildman–Crippen LogP) is 23.8. The SMILES string of the molecule is CCCCCCCCCCCCCCCCCCCCCCCCCCCCCCCCCCCC(=O)OCC(COC(=O)CCCCCCCC)OC(=O)CCCCCCCCCCCCCCCCCCCCC. The van der Waals surface area contributed by atoms with Crippen molar-refractivity contribution in [2.75, 3.05) is 13.2 Å². The van der Waals surface area contributed by atoms with Gasteiger partial charge in [-0.15, -0.1) is 0 Å². The molecule has 0 bridgehead atoms. The lowest BCUT2D eigenvalue weighted by Crippen LogP contribution is -2.30. The lowest BCUT2D eigenvalue weighted by molar-refractivity contribution is -0.167. The van der Waals surface area contributed by atoms with Crippen molar-refractivity contribution < 1.29 is 28.6 Å². The molecule has 6 nitrogen and oxygen atoms in total. The van der Waals surface area contributed by atoms with Crippen molar-refractivity contribution >= 4 is 17.9 Å². The van der Waals surface area contributed by atoms with Gasteiger partial charge < -0.3 is 14.2 Å². The Morgan fingerprint density at radius 2 is 0.355 bits per heavy atom. The molecule has 0 fully saturated rings.